The third-order valence-corrected chi connectivity index (χ3v) is 3.20. The summed E-state index contributed by atoms with van der Waals surface area (Å²) < 4.78 is 4.32. The second-order valence-electron chi connectivity index (χ2n) is 3.69. The van der Waals surface area contributed by atoms with Crippen molar-refractivity contribution in [3.05, 3.63) is 64.7 Å². The molecule has 0 spiro atoms. The Hall–Kier alpha value is -1.25. The maximum atomic E-state index is 5.81. The number of hydrogen-bond acceptors (Lipinski definition) is 2. The first-order chi connectivity index (χ1) is 9.24. The highest BCUT2D eigenvalue weighted by Gasteiger charge is 1.92. The van der Waals surface area contributed by atoms with Gasteiger partial charge >= 0.3 is 0 Å². The molecule has 0 bridgehead atoms. The smallest absolute Gasteiger partial charge is 0.0428 e. The lowest BCUT2D eigenvalue weighted by atomic mass is 10.2. The van der Waals surface area contributed by atoms with Gasteiger partial charge in [-0.3, -0.25) is 0 Å². The number of benzene rings is 2. The van der Waals surface area contributed by atoms with Crippen molar-refractivity contribution >= 4 is 29.8 Å². The maximum Gasteiger partial charge on any atom is 0.0428 e. The number of nitrogens with zero attached hydrogens (tertiary/aromatic N) is 1. The molecule has 100 valence electrons. The van der Waals surface area contributed by atoms with Gasteiger partial charge in [-0.2, -0.15) is 0 Å². The van der Waals surface area contributed by atoms with Gasteiger partial charge in [0.15, 0.2) is 0 Å². The Morgan fingerprint density at radius 3 is 2.11 bits per heavy atom. The van der Waals surface area contributed by atoms with Crippen LogP contribution in [-0.2, 0) is 0 Å². The topological polar surface area (TPSA) is 12.4 Å². The normalized spacial score (nSPS) is 10.1. The van der Waals surface area contributed by atoms with Crippen LogP contribution in [0.15, 0.2) is 57.8 Å². The zero-order chi connectivity index (χ0) is 14.1. The fraction of sp³-hybridized carbons (Fsp3) is 0.188. The van der Waals surface area contributed by atoms with E-state index in [1.165, 1.54) is 17.5 Å². The molecule has 0 amide bonds. The molecule has 0 aliphatic rings. The Morgan fingerprint density at radius 2 is 1.53 bits per heavy atom. The van der Waals surface area contributed by atoms with Crippen molar-refractivity contribution < 1.29 is 0 Å². The van der Waals surface area contributed by atoms with Gasteiger partial charge in [0.1, 0.15) is 0 Å². The SMILES string of the molecule is CC.Cc1ccc(/C=N/Sc2ccc(Cl)cc2)cc1. The highest BCUT2D eigenvalue weighted by molar-refractivity contribution is 7.98. The minimum absolute atomic E-state index is 0.747. The number of hydrogen-bond donors (Lipinski definition) is 0. The monoisotopic (exact) mass is 291 g/mol. The van der Waals surface area contributed by atoms with Crippen molar-refractivity contribution in [2.75, 3.05) is 0 Å². The molecule has 2 aromatic rings. The summed E-state index contributed by atoms with van der Waals surface area (Å²) in [5.41, 5.74) is 2.37. The Kier molecular flexibility index (Phi) is 7.31. The van der Waals surface area contributed by atoms with Gasteiger partial charge in [0, 0.05) is 28.1 Å². The Balaban J connectivity index is 0.000000861. The van der Waals surface area contributed by atoms with Crippen LogP contribution in [0.4, 0.5) is 0 Å². The number of aryl methyl sites for hydroxylation is 1. The first-order valence-corrected chi connectivity index (χ1v) is 7.42. The summed E-state index contributed by atoms with van der Waals surface area (Å²) in [6.07, 6.45) is 1.86. The van der Waals surface area contributed by atoms with Gasteiger partial charge < -0.3 is 0 Å². The molecule has 0 saturated heterocycles. The summed E-state index contributed by atoms with van der Waals surface area (Å²) >= 11 is 7.25. The average molecular weight is 292 g/mol. The van der Waals surface area contributed by atoms with Crippen LogP contribution in [0.3, 0.4) is 0 Å². The molecule has 0 N–H and O–H groups in total. The van der Waals surface area contributed by atoms with Crippen molar-refractivity contribution in [3.63, 3.8) is 0 Å². The van der Waals surface area contributed by atoms with E-state index in [0.717, 1.165) is 15.5 Å². The molecule has 0 unspecified atom stereocenters. The van der Waals surface area contributed by atoms with Crippen LogP contribution >= 0.6 is 23.5 Å². The van der Waals surface area contributed by atoms with Gasteiger partial charge in [0.25, 0.3) is 0 Å². The van der Waals surface area contributed by atoms with Gasteiger partial charge in [0.2, 0.25) is 0 Å². The van der Waals surface area contributed by atoms with E-state index in [9.17, 15) is 0 Å². The minimum atomic E-state index is 0.747. The molecular formula is C16H18ClNS. The summed E-state index contributed by atoms with van der Waals surface area (Å²) in [6, 6.07) is 15.9. The largest absolute Gasteiger partial charge is 0.219 e. The standard InChI is InChI=1S/C14H12ClNS.C2H6/c1-11-2-4-12(5-3-11)10-16-17-14-8-6-13(15)7-9-14;1-2/h2-10H,1H3;1-2H3/b16-10+;. The molecular weight excluding hydrogens is 274 g/mol. The van der Waals surface area contributed by atoms with Crippen molar-refractivity contribution in [1.29, 1.82) is 0 Å². The van der Waals surface area contributed by atoms with E-state index in [4.69, 9.17) is 11.6 Å². The fourth-order valence-corrected chi connectivity index (χ4v) is 1.98. The van der Waals surface area contributed by atoms with Crippen LogP contribution in [-0.4, -0.2) is 6.21 Å². The Morgan fingerprint density at radius 1 is 0.947 bits per heavy atom. The first kappa shape index (κ1) is 15.8. The number of rotatable bonds is 3. The number of halogens is 1. The molecule has 2 aromatic carbocycles. The molecule has 0 aliphatic heterocycles. The zero-order valence-electron chi connectivity index (χ0n) is 11.4. The van der Waals surface area contributed by atoms with E-state index in [2.05, 4.69) is 35.6 Å². The quantitative estimate of drug-likeness (QED) is 0.514. The van der Waals surface area contributed by atoms with Crippen molar-refractivity contribution in [2.45, 2.75) is 25.7 Å². The summed E-state index contributed by atoms with van der Waals surface area (Å²) in [6.45, 7) is 6.07. The van der Waals surface area contributed by atoms with Gasteiger partial charge in [-0.25, -0.2) is 4.40 Å². The van der Waals surface area contributed by atoms with E-state index in [1.54, 1.807) is 0 Å². The molecule has 2 rings (SSSR count). The molecule has 0 radical (unpaired) electrons. The van der Waals surface area contributed by atoms with Crippen LogP contribution in [0.1, 0.15) is 25.0 Å². The highest BCUT2D eigenvalue weighted by Crippen LogP contribution is 2.21. The van der Waals surface area contributed by atoms with E-state index in [0.29, 0.717) is 0 Å². The van der Waals surface area contributed by atoms with Gasteiger partial charge in [-0.15, -0.1) is 0 Å². The van der Waals surface area contributed by atoms with Crippen LogP contribution in [0.25, 0.3) is 0 Å². The predicted octanol–water partition coefficient (Wildman–Crippen LogP) is 5.80. The molecule has 0 atom stereocenters. The summed E-state index contributed by atoms with van der Waals surface area (Å²) in [7, 11) is 0. The molecule has 3 heteroatoms. The maximum absolute atomic E-state index is 5.81. The van der Waals surface area contributed by atoms with Crippen molar-refractivity contribution in [2.24, 2.45) is 4.40 Å². The van der Waals surface area contributed by atoms with Gasteiger partial charge in [-0.1, -0.05) is 55.3 Å². The molecule has 0 saturated carbocycles. The minimum Gasteiger partial charge on any atom is -0.219 e. The fourth-order valence-electron chi connectivity index (χ4n) is 1.30. The van der Waals surface area contributed by atoms with Crippen LogP contribution < -0.4 is 0 Å². The average Bonchev–Trinajstić information content (AvgIpc) is 2.45. The third kappa shape index (κ3) is 5.95. The van der Waals surface area contributed by atoms with E-state index < -0.39 is 0 Å². The van der Waals surface area contributed by atoms with Crippen LogP contribution in [0.2, 0.25) is 5.02 Å². The lowest BCUT2D eigenvalue weighted by molar-refractivity contribution is 1.46. The lowest BCUT2D eigenvalue weighted by Crippen LogP contribution is -1.79. The molecule has 1 nitrogen and oxygen atoms in total. The van der Waals surface area contributed by atoms with Crippen LogP contribution in [0.5, 0.6) is 0 Å². The highest BCUT2D eigenvalue weighted by atomic mass is 35.5. The predicted molar refractivity (Wildman–Crippen MR) is 87.4 cm³/mol. The summed E-state index contributed by atoms with van der Waals surface area (Å²) in [4.78, 5) is 1.08. The lowest BCUT2D eigenvalue weighted by Gasteiger charge is -1.96. The van der Waals surface area contributed by atoms with Crippen molar-refractivity contribution in [3.8, 4) is 0 Å². The Bertz CT molecular complexity index is 503. The van der Waals surface area contributed by atoms with E-state index in [1.807, 2.05) is 44.3 Å². The summed E-state index contributed by atoms with van der Waals surface area (Å²) in [5, 5.41) is 0.747. The Labute approximate surface area is 124 Å². The van der Waals surface area contributed by atoms with Gasteiger partial charge in [-0.05, 0) is 36.8 Å². The van der Waals surface area contributed by atoms with Crippen molar-refractivity contribution in [1.82, 2.24) is 0 Å². The second-order valence-corrected chi connectivity index (χ2v) is 4.99. The summed E-state index contributed by atoms with van der Waals surface area (Å²) in [5.74, 6) is 0. The first-order valence-electron chi connectivity index (χ1n) is 6.27. The molecule has 0 aromatic heterocycles. The third-order valence-electron chi connectivity index (χ3n) is 2.25. The molecule has 0 aliphatic carbocycles. The zero-order valence-corrected chi connectivity index (χ0v) is 13.0. The van der Waals surface area contributed by atoms with E-state index >= 15 is 0 Å². The van der Waals surface area contributed by atoms with Crippen LogP contribution in [0, 0.1) is 6.92 Å². The van der Waals surface area contributed by atoms with Gasteiger partial charge in [0.05, 0.1) is 0 Å². The second kappa shape index (κ2) is 8.78. The molecule has 19 heavy (non-hydrogen) atoms. The van der Waals surface area contributed by atoms with E-state index in [-0.39, 0.29) is 0 Å². The molecule has 0 fully saturated rings. The molecule has 0 heterocycles.